The summed E-state index contributed by atoms with van der Waals surface area (Å²) in [7, 11) is 0. The summed E-state index contributed by atoms with van der Waals surface area (Å²) in [5.74, 6) is -0.197. The topological polar surface area (TPSA) is 149 Å². The molecule has 7 unspecified atom stereocenters. The first-order valence-electron chi connectivity index (χ1n) is 23.7. The molecule has 0 aromatic rings. The number of aliphatic hydroxyl groups is 5. The van der Waals surface area contributed by atoms with Gasteiger partial charge in [0.2, 0.25) is 5.91 Å². The van der Waals surface area contributed by atoms with E-state index >= 15 is 0 Å². The van der Waals surface area contributed by atoms with E-state index < -0.39 is 49.5 Å². The molecule has 0 saturated carbocycles. The minimum absolute atomic E-state index is 0.197. The van der Waals surface area contributed by atoms with Crippen LogP contribution in [-0.2, 0) is 14.3 Å². The van der Waals surface area contributed by atoms with E-state index in [9.17, 15) is 30.3 Å². The number of carbonyl (C=O) groups is 1. The van der Waals surface area contributed by atoms with Gasteiger partial charge in [0.1, 0.15) is 24.4 Å². The van der Waals surface area contributed by atoms with Gasteiger partial charge in [-0.3, -0.25) is 4.79 Å². The molecule has 9 nitrogen and oxygen atoms in total. The van der Waals surface area contributed by atoms with E-state index in [4.69, 9.17) is 9.47 Å². The Morgan fingerprint density at radius 2 is 1.00 bits per heavy atom. The van der Waals surface area contributed by atoms with Crippen molar-refractivity contribution in [3.8, 4) is 0 Å². The Bertz CT molecular complexity index is 987. The van der Waals surface area contributed by atoms with Crippen LogP contribution >= 0.6 is 0 Å². The third-order valence-corrected chi connectivity index (χ3v) is 11.2. The summed E-state index contributed by atoms with van der Waals surface area (Å²) >= 11 is 0. The number of carbonyl (C=O) groups excluding carboxylic acids is 1. The van der Waals surface area contributed by atoms with E-state index in [1.165, 1.54) is 128 Å². The number of aliphatic hydroxyl groups excluding tert-OH is 5. The summed E-state index contributed by atoms with van der Waals surface area (Å²) in [6.07, 6.45) is 40.5. The number of unbranched alkanes of at least 4 members (excludes halogenated alkanes) is 25. The lowest BCUT2D eigenvalue weighted by atomic mass is 9.99. The van der Waals surface area contributed by atoms with E-state index in [1.807, 2.05) is 6.08 Å². The molecule has 334 valence electrons. The smallest absolute Gasteiger partial charge is 0.220 e. The average molecular weight is 808 g/mol. The summed E-state index contributed by atoms with van der Waals surface area (Å²) < 4.78 is 11.2. The van der Waals surface area contributed by atoms with Crippen LogP contribution in [0.2, 0.25) is 0 Å². The summed E-state index contributed by atoms with van der Waals surface area (Å²) in [4.78, 5) is 12.9. The zero-order valence-corrected chi connectivity index (χ0v) is 36.6. The van der Waals surface area contributed by atoms with Crippen LogP contribution in [0, 0.1) is 0 Å². The molecule has 1 aliphatic rings. The van der Waals surface area contributed by atoms with Gasteiger partial charge in [-0.05, 0) is 57.8 Å². The molecule has 0 aliphatic carbocycles. The maximum atomic E-state index is 12.9. The number of hydrogen-bond donors (Lipinski definition) is 6. The second-order valence-corrected chi connectivity index (χ2v) is 16.5. The molecule has 0 bridgehead atoms. The van der Waals surface area contributed by atoms with E-state index in [-0.39, 0.29) is 12.5 Å². The highest BCUT2D eigenvalue weighted by atomic mass is 16.7. The van der Waals surface area contributed by atoms with Crippen LogP contribution in [0.25, 0.3) is 0 Å². The molecule has 0 spiro atoms. The summed E-state index contributed by atoms with van der Waals surface area (Å²) in [5, 5.41) is 54.2. The Kier molecular flexibility index (Phi) is 36.2. The van der Waals surface area contributed by atoms with Crippen LogP contribution in [0.5, 0.6) is 0 Å². The van der Waals surface area contributed by atoms with E-state index in [1.54, 1.807) is 6.08 Å². The van der Waals surface area contributed by atoms with Crippen LogP contribution in [0.1, 0.15) is 206 Å². The molecule has 57 heavy (non-hydrogen) atoms. The summed E-state index contributed by atoms with van der Waals surface area (Å²) in [6.45, 7) is 3.74. The number of allylic oxidation sites excluding steroid dienone is 5. The Morgan fingerprint density at radius 3 is 1.49 bits per heavy atom. The van der Waals surface area contributed by atoms with Gasteiger partial charge in [0, 0.05) is 6.42 Å². The number of rotatable bonds is 39. The first-order chi connectivity index (χ1) is 27.8. The van der Waals surface area contributed by atoms with Gasteiger partial charge in [-0.1, -0.05) is 179 Å². The van der Waals surface area contributed by atoms with Gasteiger partial charge in [-0.2, -0.15) is 0 Å². The van der Waals surface area contributed by atoms with Crippen molar-refractivity contribution in [2.45, 2.75) is 249 Å². The van der Waals surface area contributed by atoms with Gasteiger partial charge < -0.3 is 40.3 Å². The highest BCUT2D eigenvalue weighted by Gasteiger charge is 2.44. The van der Waals surface area contributed by atoms with Crippen molar-refractivity contribution in [2.75, 3.05) is 13.2 Å². The number of hydrogen-bond acceptors (Lipinski definition) is 8. The Hall–Kier alpha value is -1.59. The predicted octanol–water partition coefficient (Wildman–Crippen LogP) is 10.1. The lowest BCUT2D eigenvalue weighted by Gasteiger charge is -2.40. The maximum Gasteiger partial charge on any atom is 0.220 e. The standard InChI is InChI=1S/C48H89NO8/c1-3-5-7-9-11-13-15-17-18-19-20-21-22-23-24-26-27-29-31-33-35-37-42(51)41(40-56-48-47(55)46(54)45(53)43(39-50)57-48)49-44(52)38-36-34-32-30-28-25-16-14-12-10-8-6-4-2/h14,16,27,29,35,37,41-43,45-48,50-51,53-55H,3-13,15,17-26,28,30-34,36,38-40H2,1-2H3,(H,49,52)/b16-14-,29-27+,37-35+. The van der Waals surface area contributed by atoms with Crippen LogP contribution in [0.4, 0.5) is 0 Å². The molecule has 1 amide bonds. The monoisotopic (exact) mass is 808 g/mol. The molecular weight excluding hydrogens is 719 g/mol. The zero-order chi connectivity index (χ0) is 41.6. The molecule has 7 atom stereocenters. The van der Waals surface area contributed by atoms with Crippen molar-refractivity contribution in [1.29, 1.82) is 0 Å². The highest BCUT2D eigenvalue weighted by molar-refractivity contribution is 5.76. The Labute approximate surface area is 349 Å². The van der Waals surface area contributed by atoms with Crippen molar-refractivity contribution < 1.29 is 39.8 Å². The van der Waals surface area contributed by atoms with Crippen molar-refractivity contribution in [3.05, 3.63) is 36.5 Å². The van der Waals surface area contributed by atoms with Crippen molar-refractivity contribution >= 4 is 5.91 Å². The molecule has 1 heterocycles. The molecule has 0 radical (unpaired) electrons. The van der Waals surface area contributed by atoms with Crippen molar-refractivity contribution in [1.82, 2.24) is 5.32 Å². The van der Waals surface area contributed by atoms with Gasteiger partial charge in [-0.15, -0.1) is 0 Å². The predicted molar refractivity (Wildman–Crippen MR) is 235 cm³/mol. The van der Waals surface area contributed by atoms with Gasteiger partial charge in [-0.25, -0.2) is 0 Å². The van der Waals surface area contributed by atoms with Crippen LogP contribution in [0.3, 0.4) is 0 Å². The molecule has 9 heteroatoms. The highest BCUT2D eigenvalue weighted by Crippen LogP contribution is 2.22. The summed E-state index contributed by atoms with van der Waals surface area (Å²) in [6, 6.07) is -0.824. The molecule has 0 aromatic heterocycles. The van der Waals surface area contributed by atoms with Gasteiger partial charge in [0.05, 0.1) is 25.4 Å². The van der Waals surface area contributed by atoms with Gasteiger partial charge >= 0.3 is 0 Å². The minimum Gasteiger partial charge on any atom is -0.394 e. The fourth-order valence-electron chi connectivity index (χ4n) is 7.34. The zero-order valence-electron chi connectivity index (χ0n) is 36.6. The fraction of sp³-hybridized carbons (Fsp3) is 0.854. The summed E-state index contributed by atoms with van der Waals surface area (Å²) in [5.41, 5.74) is 0. The Balaban J connectivity index is 2.36. The van der Waals surface area contributed by atoms with Crippen molar-refractivity contribution in [2.24, 2.45) is 0 Å². The molecule has 1 saturated heterocycles. The second-order valence-electron chi connectivity index (χ2n) is 16.5. The van der Waals surface area contributed by atoms with E-state index in [0.717, 1.165) is 57.8 Å². The number of ether oxygens (including phenoxy) is 2. The van der Waals surface area contributed by atoms with E-state index in [0.29, 0.717) is 6.42 Å². The minimum atomic E-state index is -1.57. The third kappa shape index (κ3) is 29.3. The quantitative estimate of drug-likeness (QED) is 0.0266. The number of nitrogens with one attached hydrogen (secondary N) is 1. The molecule has 0 aromatic carbocycles. The van der Waals surface area contributed by atoms with Crippen LogP contribution in [0.15, 0.2) is 36.5 Å². The lowest BCUT2D eigenvalue weighted by Crippen LogP contribution is -2.60. The molecule has 1 rings (SSSR count). The van der Waals surface area contributed by atoms with Crippen LogP contribution < -0.4 is 5.32 Å². The lowest BCUT2D eigenvalue weighted by molar-refractivity contribution is -0.302. The molecule has 6 N–H and O–H groups in total. The Morgan fingerprint density at radius 1 is 0.579 bits per heavy atom. The third-order valence-electron chi connectivity index (χ3n) is 11.2. The second kappa shape index (κ2) is 38.6. The first kappa shape index (κ1) is 53.4. The normalized spacial score (nSPS) is 21.3. The first-order valence-corrected chi connectivity index (χ1v) is 23.7. The molecular formula is C48H89NO8. The largest absolute Gasteiger partial charge is 0.394 e. The van der Waals surface area contributed by atoms with E-state index in [2.05, 4.69) is 43.5 Å². The average Bonchev–Trinajstić information content (AvgIpc) is 3.21. The van der Waals surface area contributed by atoms with Crippen molar-refractivity contribution in [3.63, 3.8) is 0 Å². The maximum absolute atomic E-state index is 12.9. The van der Waals surface area contributed by atoms with Crippen LogP contribution in [-0.4, -0.2) is 87.5 Å². The van der Waals surface area contributed by atoms with Gasteiger partial charge in [0.15, 0.2) is 6.29 Å². The molecule has 1 aliphatic heterocycles. The SMILES string of the molecule is CCCCCC/C=C\CCCCCCCC(=O)NC(COC1OC(CO)C(O)C(O)C1O)C(O)/C=C/CC/C=C/CCCCCCCCCCCCCCCCC. The van der Waals surface area contributed by atoms with Gasteiger partial charge in [0.25, 0.3) is 0 Å². The molecule has 1 fully saturated rings. The fourth-order valence-corrected chi connectivity index (χ4v) is 7.34. The number of amides is 1.